The van der Waals surface area contributed by atoms with E-state index in [1.807, 2.05) is 6.20 Å². The normalized spacial score (nSPS) is 17.9. The van der Waals surface area contributed by atoms with E-state index in [2.05, 4.69) is 12.2 Å². The molecule has 2 nitrogen and oxygen atoms in total. The molecule has 18 heavy (non-hydrogen) atoms. The second kappa shape index (κ2) is 10.3. The molecule has 0 radical (unpaired) electrons. The van der Waals surface area contributed by atoms with Gasteiger partial charge in [0.25, 0.3) is 0 Å². The molecule has 0 saturated heterocycles. The van der Waals surface area contributed by atoms with Gasteiger partial charge in [0.2, 0.25) is 0 Å². The molecule has 0 bridgehead atoms. The first-order valence-corrected chi connectivity index (χ1v) is 7.97. The summed E-state index contributed by atoms with van der Waals surface area (Å²) in [7, 11) is 0. The molecule has 2 heteroatoms. The molecule has 1 fully saturated rings. The highest BCUT2D eigenvalue weighted by Gasteiger charge is 2.11. The molecule has 0 aromatic rings. The zero-order valence-electron chi connectivity index (χ0n) is 12.1. The summed E-state index contributed by atoms with van der Waals surface area (Å²) in [6.07, 6.45) is 17.0. The molecule has 1 saturated carbocycles. The van der Waals surface area contributed by atoms with E-state index in [-0.39, 0.29) is 0 Å². The summed E-state index contributed by atoms with van der Waals surface area (Å²) in [6, 6.07) is 0.602. The van der Waals surface area contributed by atoms with Crippen LogP contribution < -0.4 is 5.32 Å². The van der Waals surface area contributed by atoms with Crippen LogP contribution in [0.15, 0.2) is 12.0 Å². The van der Waals surface area contributed by atoms with E-state index < -0.39 is 0 Å². The van der Waals surface area contributed by atoms with Gasteiger partial charge in [-0.3, -0.25) is 0 Å². The Morgan fingerprint density at radius 1 is 1.06 bits per heavy atom. The third kappa shape index (κ3) is 7.62. The van der Waals surface area contributed by atoms with Crippen molar-refractivity contribution < 1.29 is 5.11 Å². The second-order valence-corrected chi connectivity index (χ2v) is 5.66. The maximum absolute atomic E-state index is 9.78. The van der Waals surface area contributed by atoms with Gasteiger partial charge in [-0.05, 0) is 19.3 Å². The smallest absolute Gasteiger partial charge is 0.108 e. The first-order chi connectivity index (χ1) is 8.83. The van der Waals surface area contributed by atoms with Crippen LogP contribution in [0.3, 0.4) is 0 Å². The van der Waals surface area contributed by atoms with Gasteiger partial charge in [-0.1, -0.05) is 58.3 Å². The summed E-state index contributed by atoms with van der Waals surface area (Å²) >= 11 is 0. The highest BCUT2D eigenvalue weighted by molar-refractivity contribution is 4.91. The number of rotatable bonds is 9. The number of hydrogen-bond acceptors (Lipinski definition) is 2. The third-order valence-corrected chi connectivity index (χ3v) is 3.88. The number of hydrogen-bond donors (Lipinski definition) is 2. The van der Waals surface area contributed by atoms with Crippen molar-refractivity contribution >= 4 is 0 Å². The highest BCUT2D eigenvalue weighted by atomic mass is 16.3. The highest BCUT2D eigenvalue weighted by Crippen LogP contribution is 2.17. The monoisotopic (exact) mass is 253 g/mol. The average Bonchev–Trinajstić information content (AvgIpc) is 2.41. The van der Waals surface area contributed by atoms with E-state index in [1.165, 1.54) is 64.2 Å². The molecule has 0 aromatic carbocycles. The van der Waals surface area contributed by atoms with Gasteiger partial charge < -0.3 is 10.4 Å². The van der Waals surface area contributed by atoms with Crippen molar-refractivity contribution in [2.45, 2.75) is 90.0 Å². The lowest BCUT2D eigenvalue weighted by atomic mass is 9.96. The summed E-state index contributed by atoms with van der Waals surface area (Å²) in [5.74, 6) is 0.538. The lowest BCUT2D eigenvalue weighted by Crippen LogP contribution is -2.26. The Bertz CT molecular complexity index is 219. The van der Waals surface area contributed by atoms with Gasteiger partial charge in [0.1, 0.15) is 5.76 Å². The van der Waals surface area contributed by atoms with Crippen LogP contribution in [0.2, 0.25) is 0 Å². The predicted octanol–water partition coefficient (Wildman–Crippen LogP) is 5.06. The summed E-state index contributed by atoms with van der Waals surface area (Å²) in [4.78, 5) is 0. The number of nitrogens with one attached hydrogen (secondary N) is 1. The van der Waals surface area contributed by atoms with E-state index in [9.17, 15) is 5.11 Å². The summed E-state index contributed by atoms with van der Waals surface area (Å²) in [5.41, 5.74) is 0. The molecule has 0 heterocycles. The molecule has 1 aliphatic rings. The van der Waals surface area contributed by atoms with Gasteiger partial charge in [-0.2, -0.15) is 0 Å². The van der Waals surface area contributed by atoms with Crippen LogP contribution in [0.1, 0.15) is 84.0 Å². The van der Waals surface area contributed by atoms with Gasteiger partial charge in [0.05, 0.1) is 0 Å². The molecule has 0 unspecified atom stereocenters. The van der Waals surface area contributed by atoms with Crippen molar-refractivity contribution in [1.29, 1.82) is 0 Å². The zero-order chi connectivity index (χ0) is 13.1. The minimum atomic E-state index is 0.538. The number of aliphatic hydroxyl groups excluding tert-OH is 1. The number of allylic oxidation sites excluding steroid dienone is 1. The van der Waals surface area contributed by atoms with Crippen LogP contribution in [0.5, 0.6) is 0 Å². The number of unbranched alkanes of at least 4 members (excludes halogenated alkanes) is 5. The SMILES string of the molecule is CCCCCCCCC(O)=CNC1CCCCC1. The van der Waals surface area contributed by atoms with Crippen molar-refractivity contribution in [3.8, 4) is 0 Å². The number of aliphatic hydroxyl groups is 1. The minimum absolute atomic E-state index is 0.538. The molecule has 1 rings (SSSR count). The quantitative estimate of drug-likeness (QED) is 0.445. The predicted molar refractivity (Wildman–Crippen MR) is 78.7 cm³/mol. The van der Waals surface area contributed by atoms with Gasteiger partial charge in [0.15, 0.2) is 0 Å². The Hall–Kier alpha value is -0.660. The van der Waals surface area contributed by atoms with E-state index in [1.54, 1.807) is 0 Å². The van der Waals surface area contributed by atoms with Gasteiger partial charge in [0, 0.05) is 18.7 Å². The van der Waals surface area contributed by atoms with Crippen LogP contribution in [-0.2, 0) is 0 Å². The average molecular weight is 253 g/mol. The third-order valence-electron chi connectivity index (χ3n) is 3.88. The summed E-state index contributed by atoms with van der Waals surface area (Å²) in [5, 5.41) is 13.2. The Kier molecular flexibility index (Phi) is 8.79. The Labute approximate surface area is 113 Å². The molecule has 2 N–H and O–H groups in total. The fraction of sp³-hybridized carbons (Fsp3) is 0.875. The fourth-order valence-corrected chi connectivity index (χ4v) is 2.64. The van der Waals surface area contributed by atoms with Gasteiger partial charge in [-0.15, -0.1) is 0 Å². The molecular weight excluding hydrogens is 222 g/mol. The largest absolute Gasteiger partial charge is 0.511 e. The van der Waals surface area contributed by atoms with Crippen LogP contribution in [-0.4, -0.2) is 11.1 Å². The van der Waals surface area contributed by atoms with Crippen molar-refractivity contribution in [2.24, 2.45) is 0 Å². The van der Waals surface area contributed by atoms with Crippen LogP contribution in [0, 0.1) is 0 Å². The molecule has 0 amide bonds. The fourth-order valence-electron chi connectivity index (χ4n) is 2.64. The summed E-state index contributed by atoms with van der Waals surface area (Å²) < 4.78 is 0. The Morgan fingerprint density at radius 3 is 2.44 bits per heavy atom. The Morgan fingerprint density at radius 2 is 1.72 bits per heavy atom. The first kappa shape index (κ1) is 15.4. The van der Waals surface area contributed by atoms with Crippen molar-refractivity contribution in [2.75, 3.05) is 0 Å². The van der Waals surface area contributed by atoms with Crippen LogP contribution >= 0.6 is 0 Å². The van der Waals surface area contributed by atoms with Gasteiger partial charge in [-0.25, -0.2) is 0 Å². The minimum Gasteiger partial charge on any atom is -0.511 e. The first-order valence-electron chi connectivity index (χ1n) is 7.97. The molecule has 0 aromatic heterocycles. The maximum atomic E-state index is 9.78. The van der Waals surface area contributed by atoms with E-state index in [0.717, 1.165) is 12.8 Å². The maximum Gasteiger partial charge on any atom is 0.108 e. The lowest BCUT2D eigenvalue weighted by Gasteiger charge is -2.21. The topological polar surface area (TPSA) is 32.3 Å². The van der Waals surface area contributed by atoms with Crippen LogP contribution in [0.25, 0.3) is 0 Å². The van der Waals surface area contributed by atoms with Gasteiger partial charge >= 0.3 is 0 Å². The molecule has 0 aliphatic heterocycles. The van der Waals surface area contributed by atoms with E-state index >= 15 is 0 Å². The standard InChI is InChI=1S/C16H31NO/c1-2-3-4-5-6-10-13-16(18)14-17-15-11-8-7-9-12-15/h14-15,17-18H,2-13H2,1H3. The molecular formula is C16H31NO. The molecule has 0 spiro atoms. The lowest BCUT2D eigenvalue weighted by molar-refractivity contribution is 0.360. The van der Waals surface area contributed by atoms with E-state index in [4.69, 9.17) is 0 Å². The summed E-state index contributed by atoms with van der Waals surface area (Å²) in [6.45, 7) is 2.24. The zero-order valence-corrected chi connectivity index (χ0v) is 12.1. The van der Waals surface area contributed by atoms with Crippen molar-refractivity contribution in [3.05, 3.63) is 12.0 Å². The molecule has 106 valence electrons. The van der Waals surface area contributed by atoms with Crippen LogP contribution in [0.4, 0.5) is 0 Å². The Balaban J connectivity index is 1.99. The second-order valence-electron chi connectivity index (χ2n) is 5.66. The molecule has 1 aliphatic carbocycles. The van der Waals surface area contributed by atoms with Crippen molar-refractivity contribution in [3.63, 3.8) is 0 Å². The van der Waals surface area contributed by atoms with Crippen molar-refractivity contribution in [1.82, 2.24) is 5.32 Å². The van der Waals surface area contributed by atoms with E-state index in [0.29, 0.717) is 11.8 Å². The molecule has 0 atom stereocenters.